The van der Waals surface area contributed by atoms with Crippen LogP contribution < -0.4 is 5.32 Å². The summed E-state index contributed by atoms with van der Waals surface area (Å²) >= 11 is 1.81. The Kier molecular flexibility index (Phi) is 6.38. The van der Waals surface area contributed by atoms with Crippen molar-refractivity contribution in [1.82, 2.24) is 10.2 Å². The van der Waals surface area contributed by atoms with E-state index in [1.54, 1.807) is 23.6 Å². The number of nitrogens with zero attached hydrogens (tertiary/aromatic N) is 1. The maximum atomic E-state index is 13.5. The Hall–Kier alpha value is -1.63. The summed E-state index contributed by atoms with van der Waals surface area (Å²) in [4.78, 5) is 25.9. The smallest absolute Gasteiger partial charge is 0.244 e. The van der Waals surface area contributed by atoms with Gasteiger partial charge in [-0.3, -0.25) is 9.59 Å². The Morgan fingerprint density at radius 2 is 2.00 bits per heavy atom. The molecule has 0 radical (unpaired) electrons. The van der Waals surface area contributed by atoms with E-state index in [0.717, 1.165) is 23.6 Å². The van der Waals surface area contributed by atoms with E-state index >= 15 is 0 Å². The zero-order valence-electron chi connectivity index (χ0n) is 13.0. The zero-order valence-corrected chi connectivity index (χ0v) is 13.8. The van der Waals surface area contributed by atoms with Crippen LogP contribution in [0.25, 0.3) is 0 Å². The molecule has 1 fully saturated rings. The second-order valence-electron chi connectivity index (χ2n) is 5.46. The minimum atomic E-state index is -0.659. The van der Waals surface area contributed by atoms with Crippen molar-refractivity contribution in [1.29, 1.82) is 0 Å². The third-order valence-corrected chi connectivity index (χ3v) is 4.65. The minimum absolute atomic E-state index is 0.0516. The molecule has 1 aliphatic rings. The third-order valence-electron chi connectivity index (χ3n) is 3.71. The van der Waals surface area contributed by atoms with Gasteiger partial charge in [0.15, 0.2) is 0 Å². The summed E-state index contributed by atoms with van der Waals surface area (Å²) in [5, 5.41) is 2.64. The largest absolute Gasteiger partial charge is 0.345 e. The van der Waals surface area contributed by atoms with Crippen LogP contribution in [0.2, 0.25) is 0 Å². The molecule has 2 amide bonds. The number of amides is 2. The van der Waals surface area contributed by atoms with Gasteiger partial charge in [0.25, 0.3) is 0 Å². The van der Waals surface area contributed by atoms with Gasteiger partial charge in [0.1, 0.15) is 17.7 Å². The van der Waals surface area contributed by atoms with Crippen LogP contribution in [-0.4, -0.2) is 47.4 Å². The second kappa shape index (κ2) is 8.29. The Balaban J connectivity index is 1.80. The molecule has 1 aromatic rings. The van der Waals surface area contributed by atoms with Crippen LogP contribution in [0, 0.1) is 11.6 Å². The molecule has 0 aliphatic carbocycles. The van der Waals surface area contributed by atoms with Gasteiger partial charge >= 0.3 is 0 Å². The standard InChI is InChI=1S/C16H20F2N2O2S/c1-11(16(22)20-6-8-23-9-7-20)19-15(21)5-3-12-2-4-13(17)10-14(12)18/h2,4,10-11H,3,5-9H2,1H3,(H,19,21). The SMILES string of the molecule is CC(NC(=O)CCc1ccc(F)cc1F)C(=O)N1CCSCC1. The number of nitrogens with one attached hydrogen (secondary N) is 1. The first-order valence-corrected chi connectivity index (χ1v) is 8.72. The molecule has 23 heavy (non-hydrogen) atoms. The molecule has 1 aromatic carbocycles. The van der Waals surface area contributed by atoms with Crippen molar-refractivity contribution < 1.29 is 18.4 Å². The predicted octanol–water partition coefficient (Wildman–Crippen LogP) is 1.98. The lowest BCUT2D eigenvalue weighted by Gasteiger charge is -2.29. The molecule has 4 nitrogen and oxygen atoms in total. The van der Waals surface area contributed by atoms with E-state index < -0.39 is 17.7 Å². The topological polar surface area (TPSA) is 49.4 Å². The Labute approximate surface area is 138 Å². The summed E-state index contributed by atoms with van der Waals surface area (Å²) < 4.78 is 26.3. The molecule has 1 heterocycles. The normalized spacial score (nSPS) is 16.0. The van der Waals surface area contributed by atoms with Gasteiger partial charge in [0.2, 0.25) is 11.8 Å². The highest BCUT2D eigenvalue weighted by atomic mass is 32.2. The van der Waals surface area contributed by atoms with Crippen molar-refractivity contribution in [2.75, 3.05) is 24.6 Å². The number of rotatable bonds is 5. The molecular formula is C16H20F2N2O2S. The van der Waals surface area contributed by atoms with Crippen LogP contribution in [0.1, 0.15) is 18.9 Å². The Bertz CT molecular complexity index is 577. The number of hydrogen-bond donors (Lipinski definition) is 1. The lowest BCUT2D eigenvalue weighted by molar-refractivity contribution is -0.135. The molecule has 0 spiro atoms. The molecular weight excluding hydrogens is 322 g/mol. The van der Waals surface area contributed by atoms with E-state index in [-0.39, 0.29) is 30.2 Å². The summed E-state index contributed by atoms with van der Waals surface area (Å²) in [5.74, 6) is 0.113. The lowest BCUT2D eigenvalue weighted by atomic mass is 10.1. The highest BCUT2D eigenvalue weighted by Crippen LogP contribution is 2.12. The van der Waals surface area contributed by atoms with Gasteiger partial charge in [-0.25, -0.2) is 8.78 Å². The average Bonchev–Trinajstić information content (AvgIpc) is 2.54. The van der Waals surface area contributed by atoms with Gasteiger partial charge < -0.3 is 10.2 Å². The summed E-state index contributed by atoms with van der Waals surface area (Å²) in [6, 6.07) is 2.70. The zero-order chi connectivity index (χ0) is 16.8. The van der Waals surface area contributed by atoms with Crippen LogP contribution in [0.5, 0.6) is 0 Å². The first-order valence-electron chi connectivity index (χ1n) is 7.57. The summed E-state index contributed by atoms with van der Waals surface area (Å²) in [6.45, 7) is 3.05. The van der Waals surface area contributed by atoms with Gasteiger partial charge in [0, 0.05) is 37.1 Å². The third kappa shape index (κ3) is 5.20. The number of hydrogen-bond acceptors (Lipinski definition) is 3. The van der Waals surface area contributed by atoms with Gasteiger partial charge in [-0.1, -0.05) is 6.07 Å². The molecule has 126 valence electrons. The maximum Gasteiger partial charge on any atom is 0.244 e. The molecule has 1 unspecified atom stereocenters. The Morgan fingerprint density at radius 3 is 2.65 bits per heavy atom. The number of carbonyl (C=O) groups is 2. The lowest BCUT2D eigenvalue weighted by Crippen LogP contribution is -2.49. The van der Waals surface area contributed by atoms with E-state index in [1.165, 1.54) is 6.07 Å². The molecule has 0 bridgehead atoms. The van der Waals surface area contributed by atoms with Gasteiger partial charge in [-0.05, 0) is 25.0 Å². The molecule has 1 atom stereocenters. The molecule has 0 aromatic heterocycles. The van der Waals surface area contributed by atoms with Crippen molar-refractivity contribution in [3.63, 3.8) is 0 Å². The van der Waals surface area contributed by atoms with Crippen LogP contribution in [-0.2, 0) is 16.0 Å². The number of benzene rings is 1. The van der Waals surface area contributed by atoms with Crippen LogP contribution in [0.3, 0.4) is 0 Å². The van der Waals surface area contributed by atoms with E-state index in [2.05, 4.69) is 5.32 Å². The highest BCUT2D eigenvalue weighted by molar-refractivity contribution is 7.99. The average molecular weight is 342 g/mol. The van der Waals surface area contributed by atoms with Crippen LogP contribution in [0.15, 0.2) is 18.2 Å². The summed E-state index contributed by atoms with van der Waals surface area (Å²) in [6.07, 6.45) is 0.217. The number of halogens is 2. The second-order valence-corrected chi connectivity index (χ2v) is 6.69. The molecule has 1 saturated heterocycles. The summed E-state index contributed by atoms with van der Waals surface area (Å²) in [7, 11) is 0. The van der Waals surface area contributed by atoms with Crippen molar-refractivity contribution in [2.24, 2.45) is 0 Å². The van der Waals surface area contributed by atoms with Crippen LogP contribution >= 0.6 is 11.8 Å². The first-order chi connectivity index (χ1) is 11.0. The minimum Gasteiger partial charge on any atom is -0.345 e. The van der Waals surface area contributed by atoms with E-state index in [4.69, 9.17) is 0 Å². The number of aryl methyl sites for hydroxylation is 1. The van der Waals surface area contributed by atoms with Gasteiger partial charge in [-0.15, -0.1) is 0 Å². The van der Waals surface area contributed by atoms with Crippen molar-refractivity contribution in [2.45, 2.75) is 25.8 Å². The predicted molar refractivity (Wildman–Crippen MR) is 86.2 cm³/mol. The monoisotopic (exact) mass is 342 g/mol. The van der Waals surface area contributed by atoms with E-state index in [1.807, 2.05) is 0 Å². The highest BCUT2D eigenvalue weighted by Gasteiger charge is 2.23. The Morgan fingerprint density at radius 1 is 1.30 bits per heavy atom. The van der Waals surface area contributed by atoms with E-state index in [0.29, 0.717) is 13.1 Å². The maximum absolute atomic E-state index is 13.5. The van der Waals surface area contributed by atoms with Crippen molar-refractivity contribution >= 4 is 23.6 Å². The molecule has 7 heteroatoms. The van der Waals surface area contributed by atoms with Crippen molar-refractivity contribution in [3.8, 4) is 0 Å². The molecule has 0 saturated carbocycles. The number of thioether (sulfide) groups is 1. The molecule has 2 rings (SSSR count). The van der Waals surface area contributed by atoms with E-state index in [9.17, 15) is 18.4 Å². The number of carbonyl (C=O) groups excluding carboxylic acids is 2. The fourth-order valence-corrected chi connectivity index (χ4v) is 3.31. The van der Waals surface area contributed by atoms with Crippen molar-refractivity contribution in [3.05, 3.63) is 35.4 Å². The summed E-state index contributed by atoms with van der Waals surface area (Å²) in [5.41, 5.74) is 0.286. The fraction of sp³-hybridized carbons (Fsp3) is 0.500. The quantitative estimate of drug-likeness (QED) is 0.890. The van der Waals surface area contributed by atoms with Crippen LogP contribution in [0.4, 0.5) is 8.78 Å². The molecule has 1 N–H and O–H groups in total. The fourth-order valence-electron chi connectivity index (χ4n) is 2.41. The first kappa shape index (κ1) is 17.7. The molecule has 1 aliphatic heterocycles. The van der Waals surface area contributed by atoms with Gasteiger partial charge in [-0.2, -0.15) is 11.8 Å². The van der Waals surface area contributed by atoms with Gasteiger partial charge in [0.05, 0.1) is 0 Å².